The minimum atomic E-state index is 0.257. The monoisotopic (exact) mass is 402 g/mol. The zero-order valence-corrected chi connectivity index (χ0v) is 17.4. The molecule has 4 bridgehead atoms. The van der Waals surface area contributed by atoms with Crippen molar-refractivity contribution in [2.24, 2.45) is 9.98 Å². The Bertz CT molecular complexity index is 848. The maximum absolute atomic E-state index is 4.74. The SMILES string of the molecule is C1=NCCN2CCNC2c2cccc(c2)C=NCCN2CCNC2c2cccc1c2. The van der Waals surface area contributed by atoms with Gasteiger partial charge in [0.1, 0.15) is 0 Å². The molecule has 3 heterocycles. The van der Waals surface area contributed by atoms with Gasteiger partial charge in [-0.3, -0.25) is 30.4 Å². The van der Waals surface area contributed by atoms with Crippen LogP contribution >= 0.6 is 0 Å². The first kappa shape index (κ1) is 19.6. The van der Waals surface area contributed by atoms with Crippen LogP contribution in [0, 0.1) is 0 Å². The molecular weight excluding hydrogens is 372 g/mol. The molecule has 0 amide bonds. The van der Waals surface area contributed by atoms with Crippen LogP contribution in [0.4, 0.5) is 0 Å². The summed E-state index contributed by atoms with van der Waals surface area (Å²) < 4.78 is 0. The Balaban J connectivity index is 1.42. The Labute approximate surface area is 178 Å². The van der Waals surface area contributed by atoms with E-state index < -0.39 is 0 Å². The molecule has 0 aromatic heterocycles. The highest BCUT2D eigenvalue weighted by Gasteiger charge is 2.26. The van der Waals surface area contributed by atoms with Crippen molar-refractivity contribution in [2.45, 2.75) is 12.3 Å². The minimum Gasteiger partial charge on any atom is -0.297 e. The molecule has 0 radical (unpaired) electrons. The van der Waals surface area contributed by atoms with Crippen LogP contribution in [0.25, 0.3) is 0 Å². The summed E-state index contributed by atoms with van der Waals surface area (Å²) in [5, 5.41) is 7.27. The first-order valence-corrected chi connectivity index (χ1v) is 11.0. The first-order valence-electron chi connectivity index (χ1n) is 11.0. The Morgan fingerprint density at radius 3 is 1.67 bits per heavy atom. The minimum absolute atomic E-state index is 0.257. The van der Waals surface area contributed by atoms with E-state index in [-0.39, 0.29) is 12.3 Å². The molecule has 3 aliphatic rings. The number of rotatable bonds is 0. The fourth-order valence-electron chi connectivity index (χ4n) is 4.68. The van der Waals surface area contributed by atoms with Crippen molar-refractivity contribution in [1.82, 2.24) is 20.4 Å². The van der Waals surface area contributed by atoms with Gasteiger partial charge in [-0.1, -0.05) is 36.4 Å². The average Bonchev–Trinajstić information content (AvgIpc) is 3.44. The van der Waals surface area contributed by atoms with Crippen LogP contribution in [-0.4, -0.2) is 74.6 Å². The average molecular weight is 403 g/mol. The summed E-state index contributed by atoms with van der Waals surface area (Å²) in [6, 6.07) is 17.5. The predicted molar refractivity (Wildman–Crippen MR) is 122 cm³/mol. The van der Waals surface area contributed by atoms with E-state index in [4.69, 9.17) is 9.98 Å². The lowest BCUT2D eigenvalue weighted by Gasteiger charge is -2.24. The lowest BCUT2D eigenvalue weighted by molar-refractivity contribution is 0.252. The van der Waals surface area contributed by atoms with Crippen molar-refractivity contribution >= 4 is 12.4 Å². The van der Waals surface area contributed by atoms with Crippen molar-refractivity contribution in [3.8, 4) is 0 Å². The summed E-state index contributed by atoms with van der Waals surface area (Å²) in [7, 11) is 0. The number of fused-ring (bicyclic) bond motifs is 8. The van der Waals surface area contributed by atoms with Crippen molar-refractivity contribution in [3.05, 3.63) is 70.8 Å². The van der Waals surface area contributed by atoms with Gasteiger partial charge >= 0.3 is 0 Å². The van der Waals surface area contributed by atoms with Gasteiger partial charge in [-0.25, -0.2) is 0 Å². The molecule has 5 rings (SSSR count). The van der Waals surface area contributed by atoms with Crippen molar-refractivity contribution in [1.29, 1.82) is 0 Å². The van der Waals surface area contributed by atoms with Crippen LogP contribution < -0.4 is 10.6 Å². The maximum atomic E-state index is 4.74. The highest BCUT2D eigenvalue weighted by molar-refractivity contribution is 5.80. The molecule has 2 atom stereocenters. The normalized spacial score (nSPS) is 25.5. The molecule has 0 saturated carbocycles. The predicted octanol–water partition coefficient (Wildman–Crippen LogP) is 2.05. The molecule has 2 N–H and O–H groups in total. The number of nitrogens with one attached hydrogen (secondary N) is 2. The van der Waals surface area contributed by atoms with E-state index in [0.717, 1.165) is 52.4 Å². The van der Waals surface area contributed by atoms with Crippen LogP contribution in [0.2, 0.25) is 0 Å². The Hall–Kier alpha value is -2.38. The van der Waals surface area contributed by atoms with E-state index in [9.17, 15) is 0 Å². The van der Waals surface area contributed by atoms with Gasteiger partial charge in [0.05, 0.1) is 25.4 Å². The number of nitrogens with zero attached hydrogens (tertiary/aromatic N) is 4. The molecule has 0 aliphatic carbocycles. The van der Waals surface area contributed by atoms with Gasteiger partial charge in [-0.05, 0) is 34.4 Å². The molecule has 2 saturated heterocycles. The fourth-order valence-corrected chi connectivity index (χ4v) is 4.68. The van der Waals surface area contributed by atoms with E-state index in [2.05, 4.69) is 69.0 Å². The summed E-state index contributed by atoms with van der Waals surface area (Å²) in [5.74, 6) is 0. The molecule has 6 nitrogen and oxygen atoms in total. The third-order valence-corrected chi connectivity index (χ3v) is 6.17. The lowest BCUT2D eigenvalue weighted by atomic mass is 10.1. The summed E-state index contributed by atoms with van der Waals surface area (Å²) in [6.07, 6.45) is 4.56. The summed E-state index contributed by atoms with van der Waals surface area (Å²) in [5.41, 5.74) is 4.95. The zero-order chi connectivity index (χ0) is 20.2. The Morgan fingerprint density at radius 2 is 1.17 bits per heavy atom. The van der Waals surface area contributed by atoms with Crippen LogP contribution in [0.1, 0.15) is 34.6 Å². The van der Waals surface area contributed by atoms with Gasteiger partial charge in [-0.15, -0.1) is 0 Å². The topological polar surface area (TPSA) is 55.3 Å². The molecule has 2 fully saturated rings. The highest BCUT2D eigenvalue weighted by Crippen LogP contribution is 2.23. The zero-order valence-electron chi connectivity index (χ0n) is 17.4. The Kier molecular flexibility index (Phi) is 5.99. The highest BCUT2D eigenvalue weighted by atomic mass is 15.3. The first-order chi connectivity index (χ1) is 14.9. The van der Waals surface area contributed by atoms with Gasteiger partial charge in [0.2, 0.25) is 0 Å². The van der Waals surface area contributed by atoms with E-state index >= 15 is 0 Å². The number of hydrogen-bond acceptors (Lipinski definition) is 6. The quantitative estimate of drug-likeness (QED) is 0.708. The summed E-state index contributed by atoms with van der Waals surface area (Å²) in [6.45, 7) is 7.63. The molecule has 6 heteroatoms. The van der Waals surface area contributed by atoms with Gasteiger partial charge in [0, 0.05) is 51.7 Å². The number of hydrogen-bond donors (Lipinski definition) is 2. The molecule has 2 aromatic carbocycles. The Morgan fingerprint density at radius 1 is 0.667 bits per heavy atom. The standard InChI is InChI=1S/C24H30N6/c1-3-19-15-21(5-1)23-27-9-13-29(23)11-8-26-18-20-4-2-6-22(16-20)24-28-10-14-30(24)12-7-25-17-19/h1-6,15-18,23-24,27-28H,7-14H2. The van der Waals surface area contributed by atoms with Crippen LogP contribution in [0.5, 0.6) is 0 Å². The largest absolute Gasteiger partial charge is 0.297 e. The summed E-state index contributed by atoms with van der Waals surface area (Å²) in [4.78, 5) is 14.4. The van der Waals surface area contributed by atoms with Gasteiger partial charge < -0.3 is 0 Å². The summed E-state index contributed by atoms with van der Waals surface area (Å²) >= 11 is 0. The molecule has 3 aliphatic heterocycles. The molecule has 0 spiro atoms. The number of aliphatic imine (C=N–C) groups is 2. The molecular formula is C24H30N6. The molecule has 30 heavy (non-hydrogen) atoms. The molecule has 2 aromatic rings. The van der Waals surface area contributed by atoms with Crippen LogP contribution in [-0.2, 0) is 0 Å². The second-order valence-corrected chi connectivity index (χ2v) is 8.20. The van der Waals surface area contributed by atoms with Gasteiger partial charge in [0.25, 0.3) is 0 Å². The van der Waals surface area contributed by atoms with Gasteiger partial charge in [0.15, 0.2) is 0 Å². The van der Waals surface area contributed by atoms with E-state index in [1.807, 2.05) is 12.4 Å². The smallest absolute Gasteiger partial charge is 0.0862 e. The van der Waals surface area contributed by atoms with Gasteiger partial charge in [-0.2, -0.15) is 0 Å². The molecule has 2 unspecified atom stereocenters. The van der Waals surface area contributed by atoms with Crippen LogP contribution in [0.15, 0.2) is 58.5 Å². The molecule has 156 valence electrons. The van der Waals surface area contributed by atoms with Crippen LogP contribution in [0.3, 0.4) is 0 Å². The third-order valence-electron chi connectivity index (χ3n) is 6.17. The van der Waals surface area contributed by atoms with Crippen molar-refractivity contribution in [3.63, 3.8) is 0 Å². The maximum Gasteiger partial charge on any atom is 0.0862 e. The second kappa shape index (κ2) is 9.18. The fraction of sp³-hybridized carbons (Fsp3) is 0.417. The second-order valence-electron chi connectivity index (χ2n) is 8.20. The third kappa shape index (κ3) is 4.37. The van der Waals surface area contributed by atoms with Crippen molar-refractivity contribution < 1.29 is 0 Å². The van der Waals surface area contributed by atoms with E-state index in [1.54, 1.807) is 0 Å². The van der Waals surface area contributed by atoms with E-state index in [1.165, 1.54) is 22.3 Å². The number of benzene rings is 2. The van der Waals surface area contributed by atoms with Crippen molar-refractivity contribution in [2.75, 3.05) is 52.4 Å². The van der Waals surface area contributed by atoms with E-state index in [0.29, 0.717) is 0 Å². The lowest BCUT2D eigenvalue weighted by Crippen LogP contribution is -2.30.